The zero-order valence-corrected chi connectivity index (χ0v) is 22.0. The highest BCUT2D eigenvalue weighted by Gasteiger charge is 2.16. The van der Waals surface area contributed by atoms with E-state index in [9.17, 15) is 0 Å². The number of morpholine rings is 1. The van der Waals surface area contributed by atoms with E-state index in [4.69, 9.17) is 4.74 Å². The second-order valence-electron chi connectivity index (χ2n) is 9.01. The molecule has 3 fully saturated rings. The number of piperidine rings is 2. The zero-order valence-electron chi connectivity index (χ0n) is 22.0. The van der Waals surface area contributed by atoms with E-state index in [1.165, 1.54) is 77.7 Å². The van der Waals surface area contributed by atoms with Crippen LogP contribution in [0.2, 0.25) is 0 Å². The Kier molecular flexibility index (Phi) is 26.1. The van der Waals surface area contributed by atoms with Gasteiger partial charge in [-0.25, -0.2) is 0 Å². The van der Waals surface area contributed by atoms with Crippen molar-refractivity contribution in [3.63, 3.8) is 0 Å². The molecular formula is C24H60N6O. The third kappa shape index (κ3) is 16.9. The number of nitrogens with zero attached hydrogens (tertiary/aromatic N) is 2. The van der Waals surface area contributed by atoms with Crippen LogP contribution in [0.25, 0.3) is 0 Å². The second kappa shape index (κ2) is 22.9. The number of nitrogens with one attached hydrogen (secondary N) is 1. The van der Waals surface area contributed by atoms with Crippen LogP contribution in [0.15, 0.2) is 0 Å². The standard InChI is InChI=1S/2C9H19N.C6H13NO.3H3N/c1-3-6-10-7-4-9(2)5-8-10;1-3-7-10-8-5-4-6-9(10)2;1-2-6-5-7-3-4-8-6;;;/h2*9H,3-8H2,1-2H3;6-7H,2-5H2,1H3;3*1H3. The fourth-order valence-corrected chi connectivity index (χ4v) is 4.26. The predicted molar refractivity (Wildman–Crippen MR) is 138 cm³/mol. The van der Waals surface area contributed by atoms with E-state index in [2.05, 4.69) is 49.7 Å². The van der Waals surface area contributed by atoms with Gasteiger partial charge in [0.1, 0.15) is 0 Å². The zero-order chi connectivity index (χ0) is 20.6. The van der Waals surface area contributed by atoms with Crippen molar-refractivity contribution in [2.75, 3.05) is 52.4 Å². The maximum Gasteiger partial charge on any atom is 0.0697 e. The summed E-state index contributed by atoms with van der Waals surface area (Å²) in [5, 5.41) is 3.26. The van der Waals surface area contributed by atoms with Crippen LogP contribution >= 0.6 is 0 Å². The minimum absolute atomic E-state index is 0. The van der Waals surface area contributed by atoms with Crippen LogP contribution < -0.4 is 23.8 Å². The van der Waals surface area contributed by atoms with Gasteiger partial charge in [0.2, 0.25) is 0 Å². The molecule has 0 aromatic heterocycles. The van der Waals surface area contributed by atoms with Crippen molar-refractivity contribution in [3.05, 3.63) is 0 Å². The average Bonchev–Trinajstić information content (AvgIpc) is 2.73. The summed E-state index contributed by atoms with van der Waals surface area (Å²) in [5.41, 5.74) is 0. The Morgan fingerprint density at radius 2 is 1.48 bits per heavy atom. The highest BCUT2D eigenvalue weighted by molar-refractivity contribution is 4.72. The quantitative estimate of drug-likeness (QED) is 0.450. The first-order chi connectivity index (χ1) is 13.6. The van der Waals surface area contributed by atoms with E-state index in [0.717, 1.165) is 38.1 Å². The van der Waals surface area contributed by atoms with Crippen molar-refractivity contribution in [2.24, 2.45) is 5.92 Å². The molecule has 0 aromatic rings. The molecule has 3 aliphatic heterocycles. The van der Waals surface area contributed by atoms with Crippen molar-refractivity contribution in [1.29, 1.82) is 0 Å². The first-order valence-electron chi connectivity index (χ1n) is 12.4. The minimum Gasteiger partial charge on any atom is -0.376 e. The van der Waals surface area contributed by atoms with Crippen LogP contribution in [-0.4, -0.2) is 74.4 Å². The lowest BCUT2D eigenvalue weighted by Crippen LogP contribution is -2.37. The van der Waals surface area contributed by atoms with E-state index in [1.807, 2.05) is 0 Å². The topological polar surface area (TPSA) is 133 Å². The van der Waals surface area contributed by atoms with Gasteiger partial charge in [-0.15, -0.1) is 0 Å². The van der Waals surface area contributed by atoms with Crippen LogP contribution in [0.4, 0.5) is 0 Å². The molecule has 0 aromatic carbocycles. The van der Waals surface area contributed by atoms with Crippen molar-refractivity contribution < 1.29 is 4.74 Å². The van der Waals surface area contributed by atoms with E-state index >= 15 is 0 Å². The highest BCUT2D eigenvalue weighted by Crippen LogP contribution is 2.16. The molecule has 0 amide bonds. The van der Waals surface area contributed by atoms with Gasteiger partial charge in [0.25, 0.3) is 0 Å². The average molecular weight is 449 g/mol. The van der Waals surface area contributed by atoms with Crippen LogP contribution in [0.3, 0.4) is 0 Å². The van der Waals surface area contributed by atoms with Gasteiger partial charge < -0.3 is 38.3 Å². The molecule has 2 unspecified atom stereocenters. The molecule has 3 rings (SSSR count). The summed E-state index contributed by atoms with van der Waals surface area (Å²) in [6, 6.07) is 0.855. The van der Waals surface area contributed by atoms with Crippen molar-refractivity contribution in [1.82, 2.24) is 33.6 Å². The molecule has 0 spiro atoms. The molecule has 3 aliphatic rings. The summed E-state index contributed by atoms with van der Waals surface area (Å²) >= 11 is 0. The van der Waals surface area contributed by atoms with Crippen LogP contribution in [-0.2, 0) is 4.74 Å². The van der Waals surface area contributed by atoms with Crippen molar-refractivity contribution >= 4 is 0 Å². The third-order valence-electron chi connectivity index (χ3n) is 6.33. The van der Waals surface area contributed by atoms with Gasteiger partial charge in [0.15, 0.2) is 0 Å². The van der Waals surface area contributed by atoms with Gasteiger partial charge in [-0.1, -0.05) is 34.1 Å². The lowest BCUT2D eigenvalue weighted by molar-refractivity contribution is 0.0267. The Morgan fingerprint density at radius 3 is 1.94 bits per heavy atom. The van der Waals surface area contributed by atoms with Crippen LogP contribution in [0, 0.1) is 5.92 Å². The van der Waals surface area contributed by atoms with Gasteiger partial charge in [0.05, 0.1) is 12.7 Å². The first kappa shape index (κ1) is 35.3. The summed E-state index contributed by atoms with van der Waals surface area (Å²) < 4.78 is 5.36. The Bertz CT molecular complexity index is 345. The minimum atomic E-state index is 0. The lowest BCUT2D eigenvalue weighted by Gasteiger charge is -2.32. The summed E-state index contributed by atoms with van der Waals surface area (Å²) in [6.45, 7) is 21.0. The largest absolute Gasteiger partial charge is 0.376 e. The first-order valence-corrected chi connectivity index (χ1v) is 12.4. The lowest BCUT2D eigenvalue weighted by atomic mass is 9.99. The molecule has 0 radical (unpaired) electrons. The number of rotatable bonds is 5. The Balaban J connectivity index is -0.000000364. The molecule has 31 heavy (non-hydrogen) atoms. The van der Waals surface area contributed by atoms with E-state index in [1.54, 1.807) is 0 Å². The predicted octanol–water partition coefficient (Wildman–Crippen LogP) is 5.27. The number of ether oxygens (including phenoxy) is 1. The summed E-state index contributed by atoms with van der Waals surface area (Å²) in [4.78, 5) is 5.20. The second-order valence-corrected chi connectivity index (χ2v) is 9.01. The monoisotopic (exact) mass is 448 g/mol. The van der Waals surface area contributed by atoms with Gasteiger partial charge in [-0.2, -0.15) is 0 Å². The van der Waals surface area contributed by atoms with Gasteiger partial charge in [-0.3, -0.25) is 0 Å². The number of hydrogen-bond donors (Lipinski definition) is 4. The molecule has 3 heterocycles. The fourth-order valence-electron chi connectivity index (χ4n) is 4.26. The maximum atomic E-state index is 5.36. The normalized spacial score (nSPS) is 24.7. The molecule has 0 aliphatic carbocycles. The molecule has 0 saturated carbocycles. The SMILES string of the molecule is CCC1CNCCO1.CCCN1CCC(C)CC1.CCCN1CCCCC1C.N.N.N. The van der Waals surface area contributed by atoms with E-state index in [-0.39, 0.29) is 18.5 Å². The Labute approximate surface area is 195 Å². The summed E-state index contributed by atoms with van der Waals surface area (Å²) in [5.74, 6) is 0.980. The highest BCUT2D eigenvalue weighted by atomic mass is 16.5. The van der Waals surface area contributed by atoms with Gasteiger partial charge in [-0.05, 0) is 90.5 Å². The maximum absolute atomic E-state index is 5.36. The fraction of sp³-hybridized carbons (Fsp3) is 1.00. The molecule has 2 atom stereocenters. The van der Waals surface area contributed by atoms with Crippen molar-refractivity contribution in [2.45, 2.75) is 98.1 Å². The van der Waals surface area contributed by atoms with Crippen LogP contribution in [0.1, 0.15) is 86.0 Å². The van der Waals surface area contributed by atoms with E-state index in [0.29, 0.717) is 6.10 Å². The molecule has 0 bridgehead atoms. The third-order valence-corrected chi connectivity index (χ3v) is 6.33. The molecule has 10 N–H and O–H groups in total. The summed E-state index contributed by atoms with van der Waals surface area (Å²) in [7, 11) is 0. The van der Waals surface area contributed by atoms with Crippen molar-refractivity contribution in [3.8, 4) is 0 Å². The van der Waals surface area contributed by atoms with Gasteiger partial charge >= 0.3 is 0 Å². The smallest absolute Gasteiger partial charge is 0.0697 e. The molecule has 3 saturated heterocycles. The van der Waals surface area contributed by atoms with Gasteiger partial charge in [0, 0.05) is 19.1 Å². The van der Waals surface area contributed by atoms with Crippen LogP contribution in [0.5, 0.6) is 0 Å². The van der Waals surface area contributed by atoms with E-state index < -0.39 is 0 Å². The molecule has 7 nitrogen and oxygen atoms in total. The molecule has 7 heteroatoms. The molecule has 192 valence electrons. The number of likely N-dealkylation sites (tertiary alicyclic amines) is 2. The summed E-state index contributed by atoms with van der Waals surface area (Å²) in [6.07, 6.45) is 11.3. The molecular weight excluding hydrogens is 388 g/mol. The number of hydrogen-bond acceptors (Lipinski definition) is 7. The Morgan fingerprint density at radius 1 is 0.839 bits per heavy atom. The Hall–Kier alpha value is -0.280.